The summed E-state index contributed by atoms with van der Waals surface area (Å²) in [6, 6.07) is 23.9. The number of ether oxygens (including phenoxy) is 1. The molecular weight excluding hydrogens is 359 g/mol. The van der Waals surface area contributed by atoms with Crippen molar-refractivity contribution in [3.05, 3.63) is 84.4 Å². The van der Waals surface area contributed by atoms with Gasteiger partial charge in [0.25, 0.3) is 0 Å². The van der Waals surface area contributed by atoms with Crippen molar-refractivity contribution in [3.63, 3.8) is 0 Å². The first-order chi connectivity index (χ1) is 12.1. The van der Waals surface area contributed by atoms with Crippen LogP contribution in [0.15, 0.2) is 88.7 Å². The van der Waals surface area contributed by atoms with Crippen LogP contribution in [0.3, 0.4) is 0 Å². The molecule has 0 aliphatic carbocycles. The van der Waals surface area contributed by atoms with Gasteiger partial charge in [-0.2, -0.15) is 0 Å². The van der Waals surface area contributed by atoms with Gasteiger partial charge in [-0.3, -0.25) is 0 Å². The van der Waals surface area contributed by atoms with E-state index in [2.05, 4.69) is 0 Å². The molecule has 0 fully saturated rings. The molecule has 0 radical (unpaired) electrons. The minimum absolute atomic E-state index is 0. The quantitative estimate of drug-likeness (QED) is 0.634. The standard InChI is InChI=1S/C20H16O4S.Na.H/c21-19(20(22)23)17-11-4-5-12-18(17)25-16-10-6-9-15(13-16)24-14-7-2-1-3-8-14;;/h1-13,19,21H,(H,22,23);;. The molecule has 0 bridgehead atoms. The number of para-hydroxylation sites is 1. The maximum atomic E-state index is 11.1. The fourth-order valence-electron chi connectivity index (χ4n) is 2.29. The van der Waals surface area contributed by atoms with Crippen molar-refractivity contribution in [2.45, 2.75) is 15.9 Å². The Labute approximate surface area is 178 Å². The van der Waals surface area contributed by atoms with Crippen molar-refractivity contribution in [3.8, 4) is 11.5 Å². The van der Waals surface area contributed by atoms with Crippen molar-refractivity contribution in [2.75, 3.05) is 0 Å². The first-order valence-corrected chi connectivity index (χ1v) is 8.46. The molecule has 26 heavy (non-hydrogen) atoms. The van der Waals surface area contributed by atoms with E-state index >= 15 is 0 Å². The first-order valence-electron chi connectivity index (χ1n) is 7.64. The molecule has 0 saturated heterocycles. The second-order valence-electron chi connectivity index (χ2n) is 5.27. The van der Waals surface area contributed by atoms with Crippen LogP contribution in [-0.4, -0.2) is 45.7 Å². The number of carbonyl (C=O) groups is 1. The second-order valence-corrected chi connectivity index (χ2v) is 6.39. The van der Waals surface area contributed by atoms with E-state index in [-0.39, 0.29) is 29.6 Å². The SMILES string of the molecule is O=C(O)C(O)c1ccccc1Sc1cccc(Oc2ccccc2)c1.[NaH]. The van der Waals surface area contributed by atoms with Crippen molar-refractivity contribution in [1.82, 2.24) is 0 Å². The van der Waals surface area contributed by atoms with E-state index in [1.165, 1.54) is 11.8 Å². The summed E-state index contributed by atoms with van der Waals surface area (Å²) in [7, 11) is 0. The zero-order valence-corrected chi connectivity index (χ0v) is 14.0. The average molecular weight is 376 g/mol. The molecule has 0 amide bonds. The van der Waals surface area contributed by atoms with Crippen LogP contribution in [0.1, 0.15) is 11.7 Å². The molecule has 0 saturated carbocycles. The van der Waals surface area contributed by atoms with Gasteiger partial charge in [0, 0.05) is 15.4 Å². The maximum absolute atomic E-state index is 11.1. The summed E-state index contributed by atoms with van der Waals surface area (Å²) in [5, 5.41) is 18.9. The molecule has 0 heterocycles. The molecule has 3 aromatic rings. The van der Waals surface area contributed by atoms with Gasteiger partial charge in [0.2, 0.25) is 0 Å². The Kier molecular flexibility index (Phi) is 7.75. The molecule has 6 heteroatoms. The first kappa shape index (κ1) is 20.6. The summed E-state index contributed by atoms with van der Waals surface area (Å²) in [4.78, 5) is 12.7. The number of carboxylic acid groups (broad SMARTS) is 1. The van der Waals surface area contributed by atoms with E-state index in [9.17, 15) is 9.90 Å². The second kappa shape index (κ2) is 9.80. The molecule has 0 spiro atoms. The molecule has 0 aromatic heterocycles. The number of aliphatic hydroxyl groups is 1. The number of benzene rings is 3. The van der Waals surface area contributed by atoms with Gasteiger partial charge in [0.1, 0.15) is 11.5 Å². The Balaban J connectivity index is 0.00000243. The van der Waals surface area contributed by atoms with Crippen LogP contribution < -0.4 is 4.74 Å². The van der Waals surface area contributed by atoms with E-state index < -0.39 is 12.1 Å². The summed E-state index contributed by atoms with van der Waals surface area (Å²) >= 11 is 1.38. The van der Waals surface area contributed by atoms with Gasteiger partial charge >= 0.3 is 35.5 Å². The predicted octanol–water partition coefficient (Wildman–Crippen LogP) is 4.10. The van der Waals surface area contributed by atoms with E-state index in [0.29, 0.717) is 16.2 Å². The monoisotopic (exact) mass is 376 g/mol. The number of carboxylic acids is 1. The minimum atomic E-state index is -1.55. The molecule has 2 N–H and O–H groups in total. The topological polar surface area (TPSA) is 66.8 Å². The van der Waals surface area contributed by atoms with Gasteiger partial charge in [-0.15, -0.1) is 0 Å². The molecule has 1 atom stereocenters. The van der Waals surface area contributed by atoms with Crippen molar-refractivity contribution < 1.29 is 19.7 Å². The third-order valence-electron chi connectivity index (χ3n) is 3.46. The van der Waals surface area contributed by atoms with E-state index in [1.54, 1.807) is 18.2 Å². The Morgan fingerprint density at radius 2 is 1.54 bits per heavy atom. The summed E-state index contributed by atoms with van der Waals surface area (Å²) in [5.74, 6) is 0.160. The van der Waals surface area contributed by atoms with Gasteiger partial charge in [0.05, 0.1) is 0 Å². The molecule has 1 unspecified atom stereocenters. The molecule has 128 valence electrons. The van der Waals surface area contributed by atoms with Crippen LogP contribution in [0.2, 0.25) is 0 Å². The Bertz CT molecular complexity index is 870. The van der Waals surface area contributed by atoms with Crippen LogP contribution in [0, 0.1) is 0 Å². The molecule has 0 aliphatic heterocycles. The van der Waals surface area contributed by atoms with Crippen molar-refractivity contribution in [1.29, 1.82) is 0 Å². The van der Waals surface area contributed by atoms with Crippen LogP contribution in [0.4, 0.5) is 0 Å². The Hall–Kier alpha value is -1.76. The fourth-order valence-corrected chi connectivity index (χ4v) is 3.30. The number of rotatable bonds is 6. The Morgan fingerprint density at radius 3 is 2.27 bits per heavy atom. The van der Waals surface area contributed by atoms with Gasteiger partial charge in [0.15, 0.2) is 6.10 Å². The Morgan fingerprint density at radius 1 is 0.885 bits per heavy atom. The number of hydrogen-bond donors (Lipinski definition) is 2. The fraction of sp³-hybridized carbons (Fsp3) is 0.0500. The van der Waals surface area contributed by atoms with Crippen LogP contribution >= 0.6 is 11.8 Å². The number of aliphatic carboxylic acids is 1. The van der Waals surface area contributed by atoms with E-state index in [4.69, 9.17) is 9.84 Å². The normalized spacial score (nSPS) is 11.3. The molecule has 3 aromatic carbocycles. The van der Waals surface area contributed by atoms with Gasteiger partial charge in [-0.1, -0.05) is 54.2 Å². The van der Waals surface area contributed by atoms with Gasteiger partial charge in [-0.25, -0.2) is 4.79 Å². The number of aliphatic hydroxyl groups excluding tert-OH is 1. The summed E-state index contributed by atoms with van der Waals surface area (Å²) in [6.07, 6.45) is -1.55. The molecule has 3 rings (SSSR count). The number of hydrogen-bond acceptors (Lipinski definition) is 4. The summed E-state index contributed by atoms with van der Waals surface area (Å²) in [5.41, 5.74) is 0.370. The molecule has 4 nitrogen and oxygen atoms in total. The van der Waals surface area contributed by atoms with E-state index in [1.807, 2.05) is 60.7 Å². The third kappa shape index (κ3) is 5.37. The van der Waals surface area contributed by atoms with Gasteiger partial charge < -0.3 is 14.9 Å². The van der Waals surface area contributed by atoms with E-state index in [0.717, 1.165) is 10.6 Å². The summed E-state index contributed by atoms with van der Waals surface area (Å²) in [6.45, 7) is 0. The molecular formula is C20H17NaO4S. The van der Waals surface area contributed by atoms with Gasteiger partial charge in [-0.05, 0) is 36.4 Å². The van der Waals surface area contributed by atoms with Crippen molar-refractivity contribution in [2.24, 2.45) is 0 Å². The third-order valence-corrected chi connectivity index (χ3v) is 4.54. The predicted molar refractivity (Wildman–Crippen MR) is 103 cm³/mol. The van der Waals surface area contributed by atoms with Crippen LogP contribution in [-0.2, 0) is 4.79 Å². The zero-order valence-electron chi connectivity index (χ0n) is 13.2. The molecule has 0 aliphatic rings. The average Bonchev–Trinajstić information content (AvgIpc) is 2.63. The van der Waals surface area contributed by atoms with Crippen molar-refractivity contribution >= 4 is 47.3 Å². The zero-order chi connectivity index (χ0) is 17.6. The van der Waals surface area contributed by atoms with Crippen LogP contribution in [0.25, 0.3) is 0 Å². The summed E-state index contributed by atoms with van der Waals surface area (Å²) < 4.78 is 5.82. The van der Waals surface area contributed by atoms with Crippen LogP contribution in [0.5, 0.6) is 11.5 Å².